The Hall–Kier alpha value is -5.55. The predicted molar refractivity (Wildman–Crippen MR) is 159 cm³/mol. The SMILES string of the molecule is COC(=O)C1=C(C)N(Cc2ccccc2)C2=C3C(=O)N(c4ccccc4)C(=O)C3[C@@](O)(C(=O)OC)C(=O)N2C1c1ccccc1. The average molecular weight is 608 g/mol. The number of para-hydroxylation sites is 1. The maximum atomic E-state index is 14.7. The number of fused-ring (bicyclic) bond motifs is 2. The molecule has 228 valence electrons. The van der Waals surface area contributed by atoms with Crippen molar-refractivity contribution in [2.75, 3.05) is 19.1 Å². The van der Waals surface area contributed by atoms with Crippen LogP contribution in [0.4, 0.5) is 5.69 Å². The second-order valence-electron chi connectivity index (χ2n) is 10.8. The number of ether oxygens (including phenoxy) is 2. The van der Waals surface area contributed by atoms with Gasteiger partial charge in [0.25, 0.3) is 17.4 Å². The highest BCUT2D eigenvalue weighted by molar-refractivity contribution is 6.33. The summed E-state index contributed by atoms with van der Waals surface area (Å²) in [4.78, 5) is 73.8. The summed E-state index contributed by atoms with van der Waals surface area (Å²) in [7, 11) is 2.18. The lowest BCUT2D eigenvalue weighted by Gasteiger charge is -2.51. The molecule has 2 unspecified atom stereocenters. The number of imide groups is 1. The van der Waals surface area contributed by atoms with Crippen LogP contribution < -0.4 is 4.90 Å². The van der Waals surface area contributed by atoms with Crippen LogP contribution >= 0.6 is 0 Å². The summed E-state index contributed by atoms with van der Waals surface area (Å²) in [6.45, 7) is 1.72. The van der Waals surface area contributed by atoms with E-state index >= 15 is 0 Å². The number of methoxy groups -OCH3 is 2. The van der Waals surface area contributed by atoms with Gasteiger partial charge in [0.05, 0.1) is 37.1 Å². The Morgan fingerprint density at radius 3 is 2.00 bits per heavy atom. The molecule has 3 amide bonds. The fourth-order valence-electron chi connectivity index (χ4n) is 6.35. The minimum atomic E-state index is -3.14. The Bertz CT molecular complexity index is 1790. The van der Waals surface area contributed by atoms with Crippen molar-refractivity contribution in [3.8, 4) is 0 Å². The maximum Gasteiger partial charge on any atom is 0.349 e. The number of hydrogen-bond donors (Lipinski definition) is 1. The van der Waals surface area contributed by atoms with Gasteiger partial charge in [0, 0.05) is 12.2 Å². The second kappa shape index (κ2) is 11.2. The molecule has 11 nitrogen and oxygen atoms in total. The molecule has 1 saturated heterocycles. The van der Waals surface area contributed by atoms with Crippen LogP contribution in [0, 0.1) is 5.92 Å². The van der Waals surface area contributed by atoms with Crippen molar-refractivity contribution in [1.29, 1.82) is 0 Å². The molecule has 45 heavy (non-hydrogen) atoms. The molecule has 1 fully saturated rings. The molecular formula is C34H29N3O8. The van der Waals surface area contributed by atoms with E-state index in [2.05, 4.69) is 0 Å². The molecule has 0 bridgehead atoms. The molecule has 3 aromatic rings. The quantitative estimate of drug-likeness (QED) is 0.255. The van der Waals surface area contributed by atoms with E-state index in [0.29, 0.717) is 11.3 Å². The first-order valence-corrected chi connectivity index (χ1v) is 14.1. The predicted octanol–water partition coefficient (Wildman–Crippen LogP) is 2.84. The molecule has 0 radical (unpaired) electrons. The Morgan fingerprint density at radius 1 is 0.844 bits per heavy atom. The second-order valence-corrected chi connectivity index (χ2v) is 10.8. The van der Waals surface area contributed by atoms with Gasteiger partial charge in [0.15, 0.2) is 0 Å². The van der Waals surface area contributed by atoms with E-state index in [4.69, 9.17) is 9.47 Å². The lowest BCUT2D eigenvalue weighted by atomic mass is 9.76. The first kappa shape index (κ1) is 29.5. The van der Waals surface area contributed by atoms with Gasteiger partial charge in [-0.2, -0.15) is 0 Å². The Kier molecular flexibility index (Phi) is 7.33. The minimum Gasteiger partial charge on any atom is -0.466 e. The van der Waals surface area contributed by atoms with Crippen LogP contribution in [0.1, 0.15) is 24.1 Å². The zero-order chi connectivity index (χ0) is 32.0. The number of carbonyl (C=O) groups is 5. The number of aliphatic hydroxyl groups is 1. The van der Waals surface area contributed by atoms with Gasteiger partial charge in [-0.05, 0) is 30.2 Å². The summed E-state index contributed by atoms with van der Waals surface area (Å²) in [5.74, 6) is -7.17. The molecule has 3 aromatic carbocycles. The van der Waals surface area contributed by atoms with E-state index in [1.54, 1.807) is 60.4 Å². The number of nitrogens with zero attached hydrogens (tertiary/aromatic N) is 3. The topological polar surface area (TPSA) is 134 Å². The van der Waals surface area contributed by atoms with E-state index < -0.39 is 47.2 Å². The van der Waals surface area contributed by atoms with Crippen molar-refractivity contribution in [2.24, 2.45) is 5.92 Å². The number of hydrogen-bond acceptors (Lipinski definition) is 9. The third-order valence-corrected chi connectivity index (χ3v) is 8.42. The van der Waals surface area contributed by atoms with Crippen LogP contribution in [0.3, 0.4) is 0 Å². The van der Waals surface area contributed by atoms with Crippen molar-refractivity contribution < 1.29 is 38.6 Å². The summed E-state index contributed by atoms with van der Waals surface area (Å²) in [5.41, 5.74) is -1.65. The van der Waals surface area contributed by atoms with Gasteiger partial charge in [-0.1, -0.05) is 78.9 Å². The van der Waals surface area contributed by atoms with E-state index in [1.807, 2.05) is 30.3 Å². The Labute approximate surface area is 258 Å². The van der Waals surface area contributed by atoms with E-state index in [1.165, 1.54) is 19.2 Å². The molecule has 0 spiro atoms. The van der Waals surface area contributed by atoms with Crippen molar-refractivity contribution in [3.05, 3.63) is 125 Å². The van der Waals surface area contributed by atoms with Crippen LogP contribution in [0.25, 0.3) is 0 Å². The van der Waals surface area contributed by atoms with Crippen LogP contribution in [-0.4, -0.2) is 64.4 Å². The molecule has 3 aliphatic rings. The van der Waals surface area contributed by atoms with Crippen LogP contribution in [0.15, 0.2) is 114 Å². The number of rotatable bonds is 6. The first-order chi connectivity index (χ1) is 21.7. The number of carbonyl (C=O) groups excluding carboxylic acids is 5. The number of amides is 3. The van der Waals surface area contributed by atoms with Crippen molar-refractivity contribution in [2.45, 2.75) is 25.1 Å². The van der Waals surface area contributed by atoms with Crippen molar-refractivity contribution >= 4 is 35.3 Å². The third-order valence-electron chi connectivity index (χ3n) is 8.42. The maximum absolute atomic E-state index is 14.7. The van der Waals surface area contributed by atoms with E-state index in [-0.39, 0.29) is 29.2 Å². The highest BCUT2D eigenvalue weighted by atomic mass is 16.5. The fraction of sp³-hybridized carbons (Fsp3) is 0.206. The van der Waals surface area contributed by atoms with Gasteiger partial charge in [0.1, 0.15) is 11.7 Å². The van der Waals surface area contributed by atoms with Gasteiger partial charge >= 0.3 is 11.9 Å². The Morgan fingerprint density at radius 2 is 1.42 bits per heavy atom. The van der Waals surface area contributed by atoms with Crippen LogP contribution in [0.5, 0.6) is 0 Å². The smallest absolute Gasteiger partial charge is 0.349 e. The summed E-state index contributed by atoms with van der Waals surface area (Å²) >= 11 is 0. The number of esters is 2. The minimum absolute atomic E-state index is 0.0294. The van der Waals surface area contributed by atoms with Crippen molar-refractivity contribution in [1.82, 2.24) is 9.80 Å². The van der Waals surface area contributed by atoms with Crippen LogP contribution in [0.2, 0.25) is 0 Å². The van der Waals surface area contributed by atoms with Gasteiger partial charge in [-0.15, -0.1) is 0 Å². The summed E-state index contributed by atoms with van der Waals surface area (Å²) in [5, 5.41) is 12.1. The molecule has 6 rings (SSSR count). The zero-order valence-corrected chi connectivity index (χ0v) is 24.7. The van der Waals surface area contributed by atoms with E-state index in [0.717, 1.165) is 22.5 Å². The molecule has 3 heterocycles. The molecule has 0 aliphatic carbocycles. The molecule has 3 atom stereocenters. The van der Waals surface area contributed by atoms with Gasteiger partial charge in [-0.3, -0.25) is 19.3 Å². The normalized spacial score (nSPS) is 22.8. The fourth-order valence-corrected chi connectivity index (χ4v) is 6.35. The number of anilines is 1. The number of benzene rings is 3. The summed E-state index contributed by atoms with van der Waals surface area (Å²) in [6, 6.07) is 24.4. The lowest BCUT2D eigenvalue weighted by molar-refractivity contribution is -0.183. The average Bonchev–Trinajstić information content (AvgIpc) is 3.34. The lowest BCUT2D eigenvalue weighted by Crippen LogP contribution is -2.66. The first-order valence-electron chi connectivity index (χ1n) is 14.1. The third kappa shape index (κ3) is 4.34. The Balaban J connectivity index is 1.73. The van der Waals surface area contributed by atoms with Crippen LogP contribution in [-0.2, 0) is 40.0 Å². The molecular weight excluding hydrogens is 578 g/mol. The molecule has 0 aromatic heterocycles. The monoisotopic (exact) mass is 607 g/mol. The summed E-state index contributed by atoms with van der Waals surface area (Å²) < 4.78 is 10.1. The molecule has 3 aliphatic heterocycles. The highest BCUT2D eigenvalue weighted by Crippen LogP contribution is 2.52. The molecule has 0 saturated carbocycles. The molecule has 11 heteroatoms. The van der Waals surface area contributed by atoms with Gasteiger partial charge in [-0.25, -0.2) is 14.5 Å². The largest absolute Gasteiger partial charge is 0.466 e. The molecule has 1 N–H and O–H groups in total. The zero-order valence-electron chi connectivity index (χ0n) is 24.7. The standard InChI is InChI=1S/C34H29N3O8/c1-20-24(31(40)44-2)27(22-15-9-5-10-16-22)37-28(35(20)19-21-13-7-4-8-14-21)25-26(34(43,32(37)41)33(42)45-3)30(39)36(29(25)38)23-17-11-6-12-18-23/h4-18,26-27,43H,19H2,1-3H3/t26?,27?,34-/m0/s1. The highest BCUT2D eigenvalue weighted by Gasteiger charge is 2.70. The van der Waals surface area contributed by atoms with Gasteiger partial charge in [0.2, 0.25) is 5.91 Å². The van der Waals surface area contributed by atoms with Crippen molar-refractivity contribution in [3.63, 3.8) is 0 Å². The van der Waals surface area contributed by atoms with E-state index in [9.17, 15) is 29.1 Å². The summed E-state index contributed by atoms with van der Waals surface area (Å²) in [6.07, 6.45) is 0. The van der Waals surface area contributed by atoms with Gasteiger partial charge < -0.3 is 19.5 Å². The number of allylic oxidation sites excluding steroid dienone is 1.